The van der Waals surface area contributed by atoms with Crippen molar-refractivity contribution in [3.63, 3.8) is 0 Å². The first kappa shape index (κ1) is 14.4. The maximum absolute atomic E-state index is 12.2. The Morgan fingerprint density at radius 1 is 1.19 bits per heavy atom. The van der Waals surface area contributed by atoms with Crippen LogP contribution in [0.2, 0.25) is 10.3 Å². The summed E-state index contributed by atoms with van der Waals surface area (Å²) in [5.74, 6) is 0. The second kappa shape index (κ2) is 6.03. The molecule has 0 atom stereocenters. The molecule has 0 aromatic carbocycles. The average molecular weight is 325 g/mol. The number of aromatic nitrogens is 3. The first-order valence-corrected chi connectivity index (χ1v) is 7.52. The largest absolute Gasteiger partial charge is 0.370 e. The Morgan fingerprint density at radius 3 is 2.62 bits per heavy atom. The summed E-state index contributed by atoms with van der Waals surface area (Å²) in [5.41, 5.74) is 1.45. The van der Waals surface area contributed by atoms with E-state index in [1.807, 2.05) is 0 Å². The van der Waals surface area contributed by atoms with Crippen LogP contribution in [0.1, 0.15) is 18.4 Å². The summed E-state index contributed by atoms with van der Waals surface area (Å²) in [5, 5.41) is 4.84. The zero-order valence-corrected chi connectivity index (χ0v) is 12.8. The molecular formula is C14H14Cl2N4O. The molecule has 0 radical (unpaired) electrons. The fourth-order valence-corrected chi connectivity index (χ4v) is 2.82. The predicted molar refractivity (Wildman–Crippen MR) is 83.3 cm³/mol. The second-order valence-corrected chi connectivity index (χ2v) is 5.73. The molecule has 0 unspecified atom stereocenters. The van der Waals surface area contributed by atoms with Gasteiger partial charge >= 0.3 is 0 Å². The van der Waals surface area contributed by atoms with Gasteiger partial charge in [-0.25, -0.2) is 9.67 Å². The Kier molecular flexibility index (Phi) is 4.12. The van der Waals surface area contributed by atoms with Crippen molar-refractivity contribution in [1.29, 1.82) is 0 Å². The topological polar surface area (TPSA) is 51.0 Å². The van der Waals surface area contributed by atoms with Crippen LogP contribution in [0.15, 0.2) is 29.2 Å². The SMILES string of the molecule is O=c1cc(N2CCCC2)cnn1Cc1ccc(Cl)nc1Cl. The minimum atomic E-state index is -0.148. The van der Waals surface area contributed by atoms with Gasteiger partial charge in [-0.3, -0.25) is 4.79 Å². The van der Waals surface area contributed by atoms with Crippen LogP contribution < -0.4 is 10.5 Å². The van der Waals surface area contributed by atoms with Crippen LogP contribution in [0, 0.1) is 0 Å². The molecule has 21 heavy (non-hydrogen) atoms. The molecule has 3 rings (SSSR count). The van der Waals surface area contributed by atoms with Crippen LogP contribution >= 0.6 is 23.2 Å². The first-order chi connectivity index (χ1) is 10.1. The number of rotatable bonds is 3. The van der Waals surface area contributed by atoms with E-state index in [-0.39, 0.29) is 12.1 Å². The molecule has 7 heteroatoms. The fourth-order valence-electron chi connectivity index (χ4n) is 2.41. The lowest BCUT2D eigenvalue weighted by Gasteiger charge is -2.17. The lowest BCUT2D eigenvalue weighted by molar-refractivity contribution is 0.636. The highest BCUT2D eigenvalue weighted by Crippen LogP contribution is 2.19. The van der Waals surface area contributed by atoms with Gasteiger partial charge in [0.25, 0.3) is 5.56 Å². The van der Waals surface area contributed by atoms with Gasteiger partial charge < -0.3 is 4.90 Å². The Labute approximate surface area is 132 Å². The Morgan fingerprint density at radius 2 is 1.95 bits per heavy atom. The van der Waals surface area contributed by atoms with Crippen LogP contribution in [0.5, 0.6) is 0 Å². The van der Waals surface area contributed by atoms with Crippen molar-refractivity contribution in [1.82, 2.24) is 14.8 Å². The minimum absolute atomic E-state index is 0.148. The van der Waals surface area contributed by atoms with Crippen molar-refractivity contribution < 1.29 is 0 Å². The van der Waals surface area contributed by atoms with E-state index in [9.17, 15) is 4.79 Å². The molecule has 0 aliphatic carbocycles. The summed E-state index contributed by atoms with van der Waals surface area (Å²) >= 11 is 11.8. The van der Waals surface area contributed by atoms with Crippen LogP contribution in [-0.4, -0.2) is 27.9 Å². The van der Waals surface area contributed by atoms with Crippen LogP contribution in [0.4, 0.5) is 5.69 Å². The van der Waals surface area contributed by atoms with Gasteiger partial charge in [-0.05, 0) is 18.9 Å². The van der Waals surface area contributed by atoms with Crippen molar-refractivity contribution in [2.75, 3.05) is 18.0 Å². The predicted octanol–water partition coefficient (Wildman–Crippen LogP) is 2.59. The zero-order chi connectivity index (χ0) is 14.8. The molecule has 110 valence electrons. The van der Waals surface area contributed by atoms with E-state index in [2.05, 4.69) is 15.0 Å². The van der Waals surface area contributed by atoms with Gasteiger partial charge in [0.2, 0.25) is 0 Å². The zero-order valence-electron chi connectivity index (χ0n) is 11.3. The number of anilines is 1. The third-order valence-electron chi connectivity index (χ3n) is 3.54. The molecule has 0 spiro atoms. The number of hydrogen-bond acceptors (Lipinski definition) is 4. The van der Waals surface area contributed by atoms with E-state index in [4.69, 9.17) is 23.2 Å². The van der Waals surface area contributed by atoms with E-state index in [1.54, 1.807) is 24.4 Å². The van der Waals surface area contributed by atoms with Crippen LogP contribution in [-0.2, 0) is 6.54 Å². The van der Waals surface area contributed by atoms with Gasteiger partial charge in [0, 0.05) is 24.7 Å². The molecule has 0 bridgehead atoms. The van der Waals surface area contributed by atoms with Gasteiger partial charge in [0.1, 0.15) is 10.3 Å². The van der Waals surface area contributed by atoms with Crippen molar-refractivity contribution in [2.24, 2.45) is 0 Å². The van der Waals surface area contributed by atoms with Gasteiger partial charge in [-0.1, -0.05) is 29.3 Å². The second-order valence-electron chi connectivity index (χ2n) is 4.99. The molecular weight excluding hydrogens is 311 g/mol. The molecule has 5 nitrogen and oxygen atoms in total. The van der Waals surface area contributed by atoms with Gasteiger partial charge in [-0.15, -0.1) is 0 Å². The van der Waals surface area contributed by atoms with Crippen molar-refractivity contribution in [2.45, 2.75) is 19.4 Å². The number of halogens is 2. The highest BCUT2D eigenvalue weighted by molar-refractivity contribution is 6.32. The third kappa shape index (κ3) is 3.19. The quantitative estimate of drug-likeness (QED) is 0.814. The molecule has 0 N–H and O–H groups in total. The summed E-state index contributed by atoms with van der Waals surface area (Å²) in [7, 11) is 0. The summed E-state index contributed by atoms with van der Waals surface area (Å²) < 4.78 is 1.37. The first-order valence-electron chi connectivity index (χ1n) is 6.76. The maximum Gasteiger partial charge on any atom is 0.269 e. The van der Waals surface area contributed by atoms with Gasteiger partial charge in [0.15, 0.2) is 0 Å². The van der Waals surface area contributed by atoms with Crippen LogP contribution in [0.25, 0.3) is 0 Å². The van der Waals surface area contributed by atoms with Crippen molar-refractivity contribution in [3.05, 3.63) is 50.6 Å². The molecule has 2 aromatic heterocycles. The standard InChI is InChI=1S/C14H14Cl2N4O/c15-12-4-3-10(14(16)18-12)9-20-13(21)7-11(8-17-20)19-5-1-2-6-19/h3-4,7-8H,1-2,5-6,9H2. The van der Waals surface area contributed by atoms with Crippen molar-refractivity contribution in [3.8, 4) is 0 Å². The van der Waals surface area contributed by atoms with E-state index in [0.29, 0.717) is 15.9 Å². The number of pyridine rings is 1. The Bertz CT molecular complexity index is 710. The smallest absolute Gasteiger partial charge is 0.269 e. The minimum Gasteiger partial charge on any atom is -0.370 e. The molecule has 2 aromatic rings. The monoisotopic (exact) mass is 324 g/mol. The molecule has 3 heterocycles. The molecule has 1 aliphatic heterocycles. The van der Waals surface area contributed by atoms with E-state index in [0.717, 1.165) is 31.6 Å². The van der Waals surface area contributed by atoms with E-state index < -0.39 is 0 Å². The van der Waals surface area contributed by atoms with Crippen molar-refractivity contribution >= 4 is 28.9 Å². The highest BCUT2D eigenvalue weighted by atomic mass is 35.5. The Balaban J connectivity index is 1.84. The molecule has 1 aliphatic rings. The number of nitrogens with zero attached hydrogens (tertiary/aromatic N) is 4. The van der Waals surface area contributed by atoms with Gasteiger partial charge in [0.05, 0.1) is 18.4 Å². The fraction of sp³-hybridized carbons (Fsp3) is 0.357. The van der Waals surface area contributed by atoms with Crippen LogP contribution in [0.3, 0.4) is 0 Å². The lowest BCUT2D eigenvalue weighted by atomic mass is 10.3. The molecule has 0 saturated carbocycles. The van der Waals surface area contributed by atoms with E-state index >= 15 is 0 Å². The maximum atomic E-state index is 12.2. The molecule has 0 amide bonds. The molecule has 1 saturated heterocycles. The van der Waals surface area contributed by atoms with Gasteiger partial charge in [-0.2, -0.15) is 5.10 Å². The summed E-state index contributed by atoms with van der Waals surface area (Å²) in [4.78, 5) is 18.3. The normalized spacial score (nSPS) is 14.7. The van der Waals surface area contributed by atoms with E-state index in [1.165, 1.54) is 4.68 Å². The highest BCUT2D eigenvalue weighted by Gasteiger charge is 2.14. The average Bonchev–Trinajstić information content (AvgIpc) is 2.98. The lowest BCUT2D eigenvalue weighted by Crippen LogP contribution is -2.26. The number of hydrogen-bond donors (Lipinski definition) is 0. The summed E-state index contributed by atoms with van der Waals surface area (Å²) in [6.45, 7) is 2.25. The summed E-state index contributed by atoms with van der Waals surface area (Å²) in [6.07, 6.45) is 4.05. The Hall–Kier alpha value is -1.59. The molecule has 1 fully saturated rings. The third-order valence-corrected chi connectivity index (χ3v) is 4.08. The summed E-state index contributed by atoms with van der Waals surface area (Å²) in [6, 6.07) is 5.02.